The molecule has 0 bridgehead atoms. The second-order valence-corrected chi connectivity index (χ2v) is 11.3. The van der Waals surface area contributed by atoms with Gasteiger partial charge in [0, 0.05) is 19.2 Å². The minimum Gasteiger partial charge on any atom is -0.497 e. The van der Waals surface area contributed by atoms with Crippen molar-refractivity contribution in [1.29, 1.82) is 0 Å². The molecule has 4 rings (SSSR count). The number of anilines is 1. The molecular weight excluding hydrogens is 502 g/mol. The molecule has 38 heavy (non-hydrogen) atoms. The van der Waals surface area contributed by atoms with E-state index < -0.39 is 22.5 Å². The van der Waals surface area contributed by atoms with Crippen molar-refractivity contribution in [3.63, 3.8) is 0 Å². The van der Waals surface area contributed by atoms with E-state index in [9.17, 15) is 13.2 Å². The van der Waals surface area contributed by atoms with Gasteiger partial charge in [-0.1, -0.05) is 42.0 Å². The van der Waals surface area contributed by atoms with Gasteiger partial charge in [-0.2, -0.15) is 0 Å². The number of benzene rings is 3. The molecule has 0 spiro atoms. The molecule has 1 aliphatic heterocycles. The smallest absolute Gasteiger partial charge is 0.264 e. The Morgan fingerprint density at radius 3 is 2.34 bits per heavy atom. The van der Waals surface area contributed by atoms with Gasteiger partial charge in [0.25, 0.3) is 10.0 Å². The van der Waals surface area contributed by atoms with Crippen molar-refractivity contribution in [2.24, 2.45) is 0 Å². The summed E-state index contributed by atoms with van der Waals surface area (Å²) in [6.07, 6.45) is 2.46. The molecule has 1 aliphatic rings. The molecule has 202 valence electrons. The van der Waals surface area contributed by atoms with Crippen molar-refractivity contribution in [2.75, 3.05) is 38.2 Å². The lowest BCUT2D eigenvalue weighted by Crippen LogP contribution is -2.41. The van der Waals surface area contributed by atoms with Gasteiger partial charge in [0.15, 0.2) is 0 Å². The topological polar surface area (TPSA) is 88.2 Å². The maximum absolute atomic E-state index is 13.8. The Hall–Kier alpha value is -3.56. The Kier molecular flexibility index (Phi) is 8.91. The molecule has 1 N–H and O–H groups in total. The number of hydrogen-bond donors (Lipinski definition) is 1. The lowest BCUT2D eigenvalue weighted by atomic mass is 10.1. The largest absolute Gasteiger partial charge is 0.497 e. The fourth-order valence-electron chi connectivity index (χ4n) is 4.55. The van der Waals surface area contributed by atoms with E-state index in [0.29, 0.717) is 18.0 Å². The molecule has 0 aromatic heterocycles. The van der Waals surface area contributed by atoms with Crippen LogP contribution in [0.3, 0.4) is 0 Å². The normalized spacial score (nSPS) is 13.8. The fraction of sp³-hybridized carbons (Fsp3) is 0.345. The van der Waals surface area contributed by atoms with Crippen molar-refractivity contribution in [3.05, 3.63) is 83.4 Å². The van der Waals surface area contributed by atoms with Gasteiger partial charge in [-0.05, 0) is 68.2 Å². The van der Waals surface area contributed by atoms with Gasteiger partial charge in [0.1, 0.15) is 18.0 Å². The van der Waals surface area contributed by atoms with E-state index in [4.69, 9.17) is 9.47 Å². The highest BCUT2D eigenvalue weighted by Gasteiger charge is 2.30. The molecule has 8 nitrogen and oxygen atoms in total. The van der Waals surface area contributed by atoms with Gasteiger partial charge in [-0.3, -0.25) is 14.0 Å². The summed E-state index contributed by atoms with van der Waals surface area (Å²) in [5.41, 5.74) is 3.31. The third-order valence-electron chi connectivity index (χ3n) is 6.64. The number of carbonyl (C=O) groups is 1. The Morgan fingerprint density at radius 1 is 0.947 bits per heavy atom. The number of sulfonamides is 1. The molecule has 9 heteroatoms. The summed E-state index contributed by atoms with van der Waals surface area (Å²) in [7, 11) is -1.14. The summed E-state index contributed by atoms with van der Waals surface area (Å²) in [6, 6.07) is 19.5. The monoisotopic (exact) mass is 537 g/mol. The highest BCUT2D eigenvalue weighted by Crippen LogP contribution is 2.35. The minimum atomic E-state index is -4.10. The van der Waals surface area contributed by atoms with Crippen LogP contribution in [0.4, 0.5) is 5.69 Å². The molecular formula is C29H35N3O5S. The number of nitrogens with zero attached hydrogens (tertiary/aromatic N) is 2. The standard InChI is InChI=1S/C29H35N3O5S/c1-22-9-12-26(13-10-22)38(34,35)32(27-18-25(36-2)11-14-28(27)37-3)21-29(33)30-19-23-7-6-8-24(17-23)20-31-15-4-5-16-31/h6-14,17-18H,4-5,15-16,19-21H2,1-3H3,(H,30,33). The third kappa shape index (κ3) is 6.65. The molecule has 1 fully saturated rings. The fourth-order valence-corrected chi connectivity index (χ4v) is 5.98. The Bertz CT molecular complexity index is 1350. The van der Waals surface area contributed by atoms with E-state index in [0.717, 1.165) is 35.1 Å². The van der Waals surface area contributed by atoms with E-state index in [1.807, 2.05) is 19.1 Å². The molecule has 1 amide bonds. The maximum atomic E-state index is 13.8. The zero-order valence-corrected chi connectivity index (χ0v) is 23.0. The molecule has 0 radical (unpaired) electrons. The van der Waals surface area contributed by atoms with E-state index in [1.165, 1.54) is 44.8 Å². The van der Waals surface area contributed by atoms with Crippen LogP contribution in [-0.2, 0) is 27.9 Å². The van der Waals surface area contributed by atoms with Crippen molar-refractivity contribution in [1.82, 2.24) is 10.2 Å². The van der Waals surface area contributed by atoms with Crippen molar-refractivity contribution in [3.8, 4) is 11.5 Å². The lowest BCUT2D eigenvalue weighted by Gasteiger charge is -2.26. The Morgan fingerprint density at radius 2 is 1.66 bits per heavy atom. The predicted molar refractivity (Wildman–Crippen MR) is 148 cm³/mol. The lowest BCUT2D eigenvalue weighted by molar-refractivity contribution is -0.119. The molecule has 3 aromatic rings. The first-order chi connectivity index (χ1) is 18.3. The molecule has 0 atom stereocenters. The second kappa shape index (κ2) is 12.3. The number of likely N-dealkylation sites (tertiary alicyclic amines) is 1. The van der Waals surface area contributed by atoms with Crippen molar-refractivity contribution in [2.45, 2.75) is 37.8 Å². The maximum Gasteiger partial charge on any atom is 0.264 e. The van der Waals surface area contributed by atoms with Crippen LogP contribution < -0.4 is 19.1 Å². The predicted octanol–water partition coefficient (Wildman–Crippen LogP) is 4.12. The Balaban J connectivity index is 1.56. The van der Waals surface area contributed by atoms with E-state index in [-0.39, 0.29) is 10.6 Å². The first kappa shape index (κ1) is 27.5. The number of aryl methyl sites for hydroxylation is 1. The van der Waals surface area contributed by atoms with Crippen LogP contribution in [0, 0.1) is 6.92 Å². The van der Waals surface area contributed by atoms with Crippen LogP contribution in [0.2, 0.25) is 0 Å². The van der Waals surface area contributed by atoms with E-state index in [1.54, 1.807) is 30.3 Å². The van der Waals surface area contributed by atoms with Crippen LogP contribution in [0.15, 0.2) is 71.6 Å². The van der Waals surface area contributed by atoms with Crippen molar-refractivity contribution >= 4 is 21.6 Å². The Labute approximate surface area is 225 Å². The quantitative estimate of drug-likeness (QED) is 0.396. The number of ether oxygens (including phenoxy) is 2. The van der Waals surface area contributed by atoms with Gasteiger partial charge in [0.2, 0.25) is 5.91 Å². The van der Waals surface area contributed by atoms with Crippen LogP contribution in [-0.4, -0.2) is 53.1 Å². The molecule has 1 saturated heterocycles. The highest BCUT2D eigenvalue weighted by molar-refractivity contribution is 7.92. The van der Waals surface area contributed by atoms with Gasteiger partial charge in [0.05, 0.1) is 24.8 Å². The van der Waals surface area contributed by atoms with Crippen molar-refractivity contribution < 1.29 is 22.7 Å². The summed E-state index contributed by atoms with van der Waals surface area (Å²) >= 11 is 0. The molecule has 3 aromatic carbocycles. The average molecular weight is 538 g/mol. The summed E-state index contributed by atoms with van der Waals surface area (Å²) in [6.45, 7) is 4.86. The minimum absolute atomic E-state index is 0.0791. The van der Waals surface area contributed by atoms with Crippen LogP contribution >= 0.6 is 0 Å². The van der Waals surface area contributed by atoms with Crippen LogP contribution in [0.1, 0.15) is 29.5 Å². The first-order valence-electron chi connectivity index (χ1n) is 12.7. The van der Waals surface area contributed by atoms with Gasteiger partial charge in [-0.25, -0.2) is 8.42 Å². The number of amides is 1. The molecule has 0 aliphatic carbocycles. The zero-order chi connectivity index (χ0) is 27.1. The average Bonchev–Trinajstić information content (AvgIpc) is 3.43. The first-order valence-corrected chi connectivity index (χ1v) is 14.1. The SMILES string of the molecule is COc1ccc(OC)c(N(CC(=O)NCc2cccc(CN3CCCC3)c2)S(=O)(=O)c2ccc(C)cc2)c1. The summed E-state index contributed by atoms with van der Waals surface area (Å²) in [5.74, 6) is 0.319. The molecule has 0 unspecified atom stereocenters. The number of carbonyl (C=O) groups excluding carboxylic acids is 1. The number of rotatable bonds is 11. The van der Waals surface area contributed by atoms with Gasteiger partial charge < -0.3 is 14.8 Å². The number of methoxy groups -OCH3 is 2. The zero-order valence-electron chi connectivity index (χ0n) is 22.1. The van der Waals surface area contributed by atoms with Crippen LogP contribution in [0.5, 0.6) is 11.5 Å². The summed E-state index contributed by atoms with van der Waals surface area (Å²) < 4.78 is 39.4. The summed E-state index contributed by atoms with van der Waals surface area (Å²) in [4.78, 5) is 15.7. The molecule has 0 saturated carbocycles. The van der Waals surface area contributed by atoms with E-state index in [2.05, 4.69) is 22.3 Å². The second-order valence-electron chi connectivity index (χ2n) is 9.44. The highest BCUT2D eigenvalue weighted by atomic mass is 32.2. The van der Waals surface area contributed by atoms with Gasteiger partial charge in [-0.15, -0.1) is 0 Å². The summed E-state index contributed by atoms with van der Waals surface area (Å²) in [5, 5.41) is 2.89. The number of hydrogen-bond acceptors (Lipinski definition) is 6. The van der Waals surface area contributed by atoms with Gasteiger partial charge >= 0.3 is 0 Å². The third-order valence-corrected chi connectivity index (χ3v) is 8.41. The number of nitrogens with one attached hydrogen (secondary N) is 1. The van der Waals surface area contributed by atoms with Crippen LogP contribution in [0.25, 0.3) is 0 Å². The molecule has 1 heterocycles. The van der Waals surface area contributed by atoms with E-state index >= 15 is 0 Å².